The minimum absolute atomic E-state index is 0.0568. The Hall–Kier alpha value is -2.18. The quantitative estimate of drug-likeness (QED) is 0.579. The monoisotopic (exact) mass is 236 g/mol. The molecule has 0 amide bonds. The van der Waals surface area contributed by atoms with Crippen LogP contribution in [0.5, 0.6) is 0 Å². The zero-order valence-electron chi connectivity index (χ0n) is 10.1. The predicted octanol–water partition coefficient (Wildman–Crippen LogP) is 0.432. The van der Waals surface area contributed by atoms with E-state index in [1.165, 1.54) is 11.9 Å². The van der Waals surface area contributed by atoms with Gasteiger partial charge in [-0.15, -0.1) is 0 Å². The molecule has 1 aromatic heterocycles. The Kier molecular flexibility index (Phi) is 3.97. The predicted molar refractivity (Wildman–Crippen MR) is 67.7 cm³/mol. The molecule has 0 aliphatic rings. The summed E-state index contributed by atoms with van der Waals surface area (Å²) in [5.41, 5.74) is 11.7. The number of rotatable bonds is 4. The Balaban J connectivity index is 2.89. The summed E-state index contributed by atoms with van der Waals surface area (Å²) in [6, 6.07) is 1.56. The van der Waals surface area contributed by atoms with Gasteiger partial charge in [-0.05, 0) is 13.8 Å². The number of nitrogen functional groups attached to an aromatic ring is 2. The van der Waals surface area contributed by atoms with E-state index in [1.807, 2.05) is 0 Å². The maximum absolute atomic E-state index is 10.9. The van der Waals surface area contributed by atoms with E-state index in [-0.39, 0.29) is 17.5 Å². The van der Waals surface area contributed by atoms with Gasteiger partial charge in [0.15, 0.2) is 5.82 Å². The highest BCUT2D eigenvalue weighted by molar-refractivity contribution is 5.99. The second kappa shape index (κ2) is 5.24. The van der Waals surface area contributed by atoms with Gasteiger partial charge in [-0.25, -0.2) is 0 Å². The molecular formula is C10H16N6O. The van der Waals surface area contributed by atoms with Gasteiger partial charge in [0.25, 0.3) is 0 Å². The Bertz CT molecular complexity index is 436. The van der Waals surface area contributed by atoms with Gasteiger partial charge < -0.3 is 11.5 Å². The molecule has 17 heavy (non-hydrogen) atoms. The number of hydrazone groups is 1. The summed E-state index contributed by atoms with van der Waals surface area (Å²) in [6.07, 6.45) is 0.306. The molecular weight excluding hydrogens is 220 g/mol. The van der Waals surface area contributed by atoms with Crippen LogP contribution in [-0.2, 0) is 4.79 Å². The van der Waals surface area contributed by atoms with Crippen molar-refractivity contribution in [1.29, 1.82) is 0 Å². The Labute approximate surface area is 99.5 Å². The van der Waals surface area contributed by atoms with E-state index >= 15 is 0 Å². The van der Waals surface area contributed by atoms with Crippen molar-refractivity contribution in [3.63, 3.8) is 0 Å². The molecule has 1 aromatic rings. The first-order valence-corrected chi connectivity index (χ1v) is 5.05. The fraction of sp³-hybridized carbons (Fsp3) is 0.400. The summed E-state index contributed by atoms with van der Waals surface area (Å²) in [4.78, 5) is 18.7. The summed E-state index contributed by atoms with van der Waals surface area (Å²) in [6.45, 7) is 3.28. The largest absolute Gasteiger partial charge is 0.383 e. The van der Waals surface area contributed by atoms with Crippen LogP contribution in [-0.4, -0.2) is 28.5 Å². The van der Waals surface area contributed by atoms with Crippen molar-refractivity contribution >= 4 is 29.1 Å². The third-order valence-corrected chi connectivity index (χ3v) is 1.91. The van der Waals surface area contributed by atoms with E-state index in [2.05, 4.69) is 15.1 Å². The van der Waals surface area contributed by atoms with E-state index in [0.717, 1.165) is 0 Å². The lowest BCUT2D eigenvalue weighted by molar-refractivity contribution is -0.115. The molecule has 0 spiro atoms. The van der Waals surface area contributed by atoms with Gasteiger partial charge in [0.1, 0.15) is 11.6 Å². The van der Waals surface area contributed by atoms with Crippen LogP contribution in [0, 0.1) is 0 Å². The zero-order chi connectivity index (χ0) is 13.0. The van der Waals surface area contributed by atoms with Crippen LogP contribution in [0.15, 0.2) is 11.2 Å². The van der Waals surface area contributed by atoms with Crippen molar-refractivity contribution in [2.24, 2.45) is 5.10 Å². The standard InChI is InChI=1S/C10H16N6O/c1-6(4-7(2)17)15-16(3)9-5-8(11)13-10(12)14-9/h5H,4H2,1-3H3,(H4,11,12,13,14)/b15-6+. The number of ketones is 1. The first kappa shape index (κ1) is 12.9. The average Bonchev–Trinajstić information content (AvgIpc) is 2.14. The number of carbonyl (C=O) groups is 1. The van der Waals surface area contributed by atoms with Crippen LogP contribution in [0.3, 0.4) is 0 Å². The van der Waals surface area contributed by atoms with Crippen LogP contribution in [0.4, 0.5) is 17.6 Å². The molecule has 0 saturated carbocycles. The molecule has 4 N–H and O–H groups in total. The molecule has 7 heteroatoms. The molecule has 92 valence electrons. The summed E-state index contributed by atoms with van der Waals surface area (Å²) < 4.78 is 0. The molecule has 0 aromatic carbocycles. The van der Waals surface area contributed by atoms with Crippen molar-refractivity contribution < 1.29 is 4.79 Å². The first-order chi connectivity index (χ1) is 7.88. The summed E-state index contributed by atoms with van der Waals surface area (Å²) in [5.74, 6) is 0.907. The molecule has 0 fully saturated rings. The van der Waals surface area contributed by atoms with Crippen LogP contribution in [0.25, 0.3) is 0 Å². The van der Waals surface area contributed by atoms with E-state index in [1.54, 1.807) is 20.0 Å². The average molecular weight is 236 g/mol. The number of carbonyl (C=O) groups excluding carboxylic acids is 1. The summed E-state index contributed by atoms with van der Waals surface area (Å²) in [5, 5.41) is 5.70. The molecule has 1 heterocycles. The summed E-state index contributed by atoms with van der Waals surface area (Å²) >= 11 is 0. The number of nitrogens with two attached hydrogens (primary N) is 2. The van der Waals surface area contributed by atoms with E-state index < -0.39 is 0 Å². The minimum atomic E-state index is 0.0568. The van der Waals surface area contributed by atoms with E-state index in [9.17, 15) is 4.79 Å². The molecule has 0 atom stereocenters. The van der Waals surface area contributed by atoms with Gasteiger partial charge in [-0.1, -0.05) is 0 Å². The minimum Gasteiger partial charge on any atom is -0.383 e. The van der Waals surface area contributed by atoms with Crippen molar-refractivity contribution in [3.8, 4) is 0 Å². The molecule has 0 saturated heterocycles. The normalized spacial score (nSPS) is 11.4. The second-order valence-corrected chi connectivity index (χ2v) is 3.75. The third kappa shape index (κ3) is 4.06. The van der Waals surface area contributed by atoms with Gasteiger partial charge in [0, 0.05) is 25.2 Å². The second-order valence-electron chi connectivity index (χ2n) is 3.75. The maximum Gasteiger partial charge on any atom is 0.223 e. The number of Topliss-reactive ketones (excluding diaryl/α,β-unsaturated/α-hetero) is 1. The van der Waals surface area contributed by atoms with Gasteiger partial charge >= 0.3 is 0 Å². The van der Waals surface area contributed by atoms with E-state index in [0.29, 0.717) is 18.0 Å². The first-order valence-electron chi connectivity index (χ1n) is 5.05. The molecule has 0 bridgehead atoms. The van der Waals surface area contributed by atoms with Gasteiger partial charge in [-0.2, -0.15) is 15.1 Å². The SMILES string of the molecule is CC(=O)C/C(C)=N/N(C)c1cc(N)nc(N)n1. The van der Waals surface area contributed by atoms with Crippen LogP contribution in [0.1, 0.15) is 20.3 Å². The van der Waals surface area contributed by atoms with Crippen molar-refractivity contribution in [3.05, 3.63) is 6.07 Å². The van der Waals surface area contributed by atoms with Crippen LogP contribution >= 0.6 is 0 Å². The third-order valence-electron chi connectivity index (χ3n) is 1.91. The number of hydrogen-bond acceptors (Lipinski definition) is 7. The van der Waals surface area contributed by atoms with Crippen molar-refractivity contribution in [2.45, 2.75) is 20.3 Å². The fourth-order valence-electron chi connectivity index (χ4n) is 1.34. The molecule has 0 radical (unpaired) electrons. The topological polar surface area (TPSA) is 110 Å². The highest BCUT2D eigenvalue weighted by Gasteiger charge is 2.05. The van der Waals surface area contributed by atoms with Crippen LogP contribution in [0.2, 0.25) is 0 Å². The lowest BCUT2D eigenvalue weighted by atomic mass is 10.2. The number of hydrogen-bond donors (Lipinski definition) is 2. The Morgan fingerprint density at radius 2 is 2.06 bits per heavy atom. The lowest BCUT2D eigenvalue weighted by Gasteiger charge is -2.13. The van der Waals surface area contributed by atoms with Gasteiger partial charge in [0.05, 0.1) is 0 Å². The maximum atomic E-state index is 10.9. The number of aromatic nitrogens is 2. The highest BCUT2D eigenvalue weighted by Crippen LogP contribution is 2.13. The molecule has 7 nitrogen and oxygen atoms in total. The van der Waals surface area contributed by atoms with Gasteiger partial charge in [0.2, 0.25) is 5.95 Å². The molecule has 1 rings (SSSR count). The highest BCUT2D eigenvalue weighted by atomic mass is 16.1. The van der Waals surface area contributed by atoms with Crippen molar-refractivity contribution in [2.75, 3.05) is 23.5 Å². The zero-order valence-corrected chi connectivity index (χ0v) is 10.1. The molecule has 0 aliphatic heterocycles. The van der Waals surface area contributed by atoms with Crippen molar-refractivity contribution in [1.82, 2.24) is 9.97 Å². The summed E-state index contributed by atoms with van der Waals surface area (Å²) in [7, 11) is 1.70. The smallest absolute Gasteiger partial charge is 0.223 e. The fourth-order valence-corrected chi connectivity index (χ4v) is 1.34. The Morgan fingerprint density at radius 1 is 1.41 bits per heavy atom. The Morgan fingerprint density at radius 3 is 2.59 bits per heavy atom. The van der Waals surface area contributed by atoms with Crippen LogP contribution < -0.4 is 16.5 Å². The van der Waals surface area contributed by atoms with Gasteiger partial charge in [-0.3, -0.25) is 9.80 Å². The van der Waals surface area contributed by atoms with E-state index in [4.69, 9.17) is 11.5 Å². The number of nitrogens with zero attached hydrogens (tertiary/aromatic N) is 4. The molecule has 0 unspecified atom stereocenters. The molecule has 0 aliphatic carbocycles. The number of anilines is 3. The lowest BCUT2D eigenvalue weighted by Crippen LogP contribution is -2.16.